The minimum Gasteiger partial charge on any atom is -0.497 e. The van der Waals surface area contributed by atoms with Gasteiger partial charge in [0.1, 0.15) is 17.1 Å². The Bertz CT molecular complexity index is 742. The van der Waals surface area contributed by atoms with Gasteiger partial charge in [-0.1, -0.05) is 28.8 Å². The summed E-state index contributed by atoms with van der Waals surface area (Å²) in [6.45, 7) is 6.29. The van der Waals surface area contributed by atoms with Gasteiger partial charge in [-0.15, -0.1) is 0 Å². The van der Waals surface area contributed by atoms with Gasteiger partial charge in [-0.2, -0.15) is 0 Å². The molecule has 30 heavy (non-hydrogen) atoms. The number of carbonyl (C=O) groups excluding carboxylic acids is 2. The number of hydrogen-bond acceptors (Lipinski definition) is 5. The van der Waals surface area contributed by atoms with Crippen LogP contribution in [-0.4, -0.2) is 54.1 Å². The number of amides is 2. The molecule has 0 heterocycles. The summed E-state index contributed by atoms with van der Waals surface area (Å²) in [4.78, 5) is 27.0. The molecule has 1 fully saturated rings. The van der Waals surface area contributed by atoms with Crippen molar-refractivity contribution in [3.63, 3.8) is 0 Å². The minimum atomic E-state index is -0.578. The number of halogens is 1. The van der Waals surface area contributed by atoms with Crippen LogP contribution in [0.2, 0.25) is 0 Å². The number of ether oxygens (including phenoxy) is 3. The smallest absolute Gasteiger partial charge is 0.408 e. The Morgan fingerprint density at radius 1 is 1.17 bits per heavy atom. The Hall–Kier alpha value is -1.96. The number of nitrogens with zero attached hydrogens (tertiary/aromatic N) is 1. The van der Waals surface area contributed by atoms with E-state index in [1.54, 1.807) is 25.2 Å². The summed E-state index contributed by atoms with van der Waals surface area (Å²) in [6, 6.07) is 5.55. The van der Waals surface area contributed by atoms with Crippen LogP contribution in [0.1, 0.15) is 52.0 Å². The molecule has 0 aromatic heterocycles. The van der Waals surface area contributed by atoms with Crippen LogP contribution in [0.15, 0.2) is 18.2 Å². The monoisotopic (exact) mass is 484 g/mol. The van der Waals surface area contributed by atoms with Crippen LogP contribution in [0.25, 0.3) is 0 Å². The molecule has 8 heteroatoms. The fraction of sp³-hybridized carbons (Fsp3) is 0.636. The number of methoxy groups -OCH3 is 2. The Balaban J connectivity index is 2.23. The van der Waals surface area contributed by atoms with E-state index in [2.05, 4.69) is 21.2 Å². The van der Waals surface area contributed by atoms with Gasteiger partial charge in [-0.25, -0.2) is 4.79 Å². The number of alkyl halides is 1. The summed E-state index contributed by atoms with van der Waals surface area (Å²) in [7, 11) is 3.19. The first kappa shape index (κ1) is 24.3. The van der Waals surface area contributed by atoms with Crippen molar-refractivity contribution in [1.82, 2.24) is 10.2 Å². The molecular weight excluding hydrogens is 452 g/mol. The Labute approximate surface area is 187 Å². The fourth-order valence-corrected chi connectivity index (χ4v) is 4.12. The number of rotatable bonds is 8. The maximum Gasteiger partial charge on any atom is 0.408 e. The van der Waals surface area contributed by atoms with Gasteiger partial charge in [-0.3, -0.25) is 4.79 Å². The van der Waals surface area contributed by atoms with Gasteiger partial charge in [-0.05, 0) is 45.7 Å². The summed E-state index contributed by atoms with van der Waals surface area (Å²) in [5, 5.41) is 3.27. The lowest BCUT2D eigenvalue weighted by molar-refractivity contribution is -0.130. The molecular formula is C22H33BrN2O5. The van der Waals surface area contributed by atoms with E-state index < -0.39 is 17.2 Å². The van der Waals surface area contributed by atoms with Gasteiger partial charge in [0.15, 0.2) is 0 Å². The second-order valence-electron chi connectivity index (χ2n) is 8.68. The third kappa shape index (κ3) is 6.79. The predicted molar refractivity (Wildman–Crippen MR) is 119 cm³/mol. The Morgan fingerprint density at radius 3 is 2.37 bits per heavy atom. The third-order valence-electron chi connectivity index (χ3n) is 5.14. The number of carbonyl (C=O) groups is 2. The van der Waals surface area contributed by atoms with Crippen LogP contribution in [0, 0.1) is 0 Å². The molecule has 0 spiro atoms. The van der Waals surface area contributed by atoms with E-state index in [9.17, 15) is 9.59 Å². The Kier molecular flexibility index (Phi) is 8.41. The zero-order chi connectivity index (χ0) is 22.4. The van der Waals surface area contributed by atoms with Crippen molar-refractivity contribution in [2.45, 2.75) is 64.1 Å². The van der Waals surface area contributed by atoms with Gasteiger partial charge in [0, 0.05) is 24.7 Å². The van der Waals surface area contributed by atoms with E-state index in [1.807, 2.05) is 32.9 Å². The molecule has 0 saturated heterocycles. The molecule has 0 radical (unpaired) electrons. The minimum absolute atomic E-state index is 0.0508. The van der Waals surface area contributed by atoms with Crippen LogP contribution in [0.3, 0.4) is 0 Å². The SMILES string of the molecule is COc1ccc(CN(CC2(NC(=O)OC(C)(C)C)CCCC2)C(=O)CBr)c(OC)c1. The standard InChI is InChI=1S/C22H33BrN2O5/c1-21(2,3)30-20(27)24-22(10-6-7-11-22)15-25(19(26)13-23)14-16-8-9-17(28-4)12-18(16)29-5/h8-9,12H,6-7,10-11,13-15H2,1-5H3,(H,24,27). The zero-order valence-electron chi connectivity index (χ0n) is 18.5. The van der Waals surface area contributed by atoms with Crippen LogP contribution in [-0.2, 0) is 16.1 Å². The highest BCUT2D eigenvalue weighted by molar-refractivity contribution is 9.09. The molecule has 0 bridgehead atoms. The van der Waals surface area contributed by atoms with Gasteiger partial charge >= 0.3 is 6.09 Å². The predicted octanol–water partition coefficient (Wildman–Crippen LogP) is 4.26. The molecule has 1 aliphatic rings. The second-order valence-corrected chi connectivity index (χ2v) is 9.24. The van der Waals surface area contributed by atoms with Crippen molar-refractivity contribution in [3.05, 3.63) is 23.8 Å². The van der Waals surface area contributed by atoms with E-state index in [1.165, 1.54) is 0 Å². The Morgan fingerprint density at radius 2 is 1.83 bits per heavy atom. The van der Waals surface area contributed by atoms with Gasteiger partial charge < -0.3 is 24.4 Å². The average Bonchev–Trinajstić information content (AvgIpc) is 3.13. The van der Waals surface area contributed by atoms with Crippen molar-refractivity contribution in [1.29, 1.82) is 0 Å². The highest BCUT2D eigenvalue weighted by Crippen LogP contribution is 2.33. The third-order valence-corrected chi connectivity index (χ3v) is 5.62. The quantitative estimate of drug-likeness (QED) is 0.557. The van der Waals surface area contributed by atoms with Crippen molar-refractivity contribution in [3.8, 4) is 11.5 Å². The fourth-order valence-electron chi connectivity index (χ4n) is 3.76. The molecule has 7 nitrogen and oxygen atoms in total. The lowest BCUT2D eigenvalue weighted by atomic mass is 9.96. The maximum absolute atomic E-state index is 12.8. The summed E-state index contributed by atoms with van der Waals surface area (Å²) in [5.41, 5.74) is -0.205. The van der Waals surface area contributed by atoms with Gasteiger partial charge in [0.25, 0.3) is 0 Å². The maximum atomic E-state index is 12.8. The highest BCUT2D eigenvalue weighted by Gasteiger charge is 2.39. The number of alkyl carbamates (subject to hydrolysis) is 1. The second kappa shape index (κ2) is 10.4. The van der Waals surface area contributed by atoms with Crippen LogP contribution >= 0.6 is 15.9 Å². The van der Waals surface area contributed by atoms with Gasteiger partial charge in [0.05, 0.1) is 25.1 Å². The topological polar surface area (TPSA) is 77.1 Å². The molecule has 0 aliphatic heterocycles. The van der Waals surface area contributed by atoms with Gasteiger partial charge in [0.2, 0.25) is 5.91 Å². The average molecular weight is 485 g/mol. The molecule has 2 amide bonds. The number of benzene rings is 1. The van der Waals surface area contributed by atoms with Crippen LogP contribution in [0.5, 0.6) is 11.5 Å². The summed E-state index contributed by atoms with van der Waals surface area (Å²) >= 11 is 3.29. The summed E-state index contributed by atoms with van der Waals surface area (Å²) in [6.07, 6.45) is 3.16. The van der Waals surface area contributed by atoms with E-state index >= 15 is 0 Å². The van der Waals surface area contributed by atoms with Crippen LogP contribution < -0.4 is 14.8 Å². The van der Waals surface area contributed by atoms with E-state index in [0.717, 1.165) is 31.2 Å². The normalized spacial score (nSPS) is 15.4. The molecule has 1 aromatic rings. The molecule has 1 saturated carbocycles. The van der Waals surface area contributed by atoms with Crippen molar-refractivity contribution < 1.29 is 23.8 Å². The first-order valence-corrected chi connectivity index (χ1v) is 11.3. The van der Waals surface area contributed by atoms with Crippen molar-refractivity contribution >= 4 is 27.9 Å². The zero-order valence-corrected chi connectivity index (χ0v) is 20.1. The molecule has 0 atom stereocenters. The molecule has 2 rings (SSSR count). The first-order chi connectivity index (χ1) is 14.1. The van der Waals surface area contributed by atoms with Crippen LogP contribution in [0.4, 0.5) is 4.79 Å². The van der Waals surface area contributed by atoms with E-state index in [4.69, 9.17) is 14.2 Å². The molecule has 1 aromatic carbocycles. The van der Waals surface area contributed by atoms with Crippen molar-refractivity contribution in [2.24, 2.45) is 0 Å². The lowest BCUT2D eigenvalue weighted by Gasteiger charge is -2.36. The highest BCUT2D eigenvalue weighted by atomic mass is 79.9. The molecule has 0 unspecified atom stereocenters. The molecule has 1 N–H and O–H groups in total. The lowest BCUT2D eigenvalue weighted by Crippen LogP contribution is -2.55. The summed E-state index contributed by atoms with van der Waals surface area (Å²) in [5.74, 6) is 1.29. The van der Waals surface area contributed by atoms with E-state index in [0.29, 0.717) is 24.6 Å². The largest absolute Gasteiger partial charge is 0.497 e. The molecule has 168 valence electrons. The number of hydrogen-bond donors (Lipinski definition) is 1. The van der Waals surface area contributed by atoms with Crippen molar-refractivity contribution in [2.75, 3.05) is 26.1 Å². The molecule has 1 aliphatic carbocycles. The first-order valence-electron chi connectivity index (χ1n) is 10.2. The van der Waals surface area contributed by atoms with E-state index in [-0.39, 0.29) is 11.2 Å². The number of nitrogens with one attached hydrogen (secondary N) is 1. The summed E-state index contributed by atoms with van der Waals surface area (Å²) < 4.78 is 16.2.